The van der Waals surface area contributed by atoms with Gasteiger partial charge in [0.05, 0.1) is 0 Å². The molecule has 2 aromatic rings. The Morgan fingerprint density at radius 2 is 1.59 bits per heavy atom. The lowest BCUT2D eigenvalue weighted by molar-refractivity contribution is 0.474. The Hall–Kier alpha value is -2.02. The van der Waals surface area contributed by atoms with Crippen molar-refractivity contribution in [2.24, 2.45) is 0 Å². The highest BCUT2D eigenvalue weighted by atomic mass is 16.3. The summed E-state index contributed by atoms with van der Waals surface area (Å²) >= 11 is 0. The number of allylic oxidation sites excluding steroid dienone is 1. The normalized spacial score (nSPS) is 10.8. The molecule has 0 amide bonds. The first-order valence-electron chi connectivity index (χ1n) is 5.85. The van der Waals surface area contributed by atoms with Gasteiger partial charge in [-0.25, -0.2) is 0 Å². The number of rotatable bonds is 4. The molecule has 0 bridgehead atoms. The molecule has 0 atom stereocenters. The maximum Gasteiger partial charge on any atom is 0.122 e. The van der Waals surface area contributed by atoms with Crippen molar-refractivity contribution in [1.29, 1.82) is 0 Å². The lowest BCUT2D eigenvalue weighted by Gasteiger charge is -1.98. The van der Waals surface area contributed by atoms with E-state index in [4.69, 9.17) is 0 Å². The second kappa shape index (κ2) is 5.90. The summed E-state index contributed by atoms with van der Waals surface area (Å²) in [5.41, 5.74) is 2.22. The van der Waals surface area contributed by atoms with Crippen LogP contribution in [0.2, 0.25) is 0 Å². The molecule has 0 saturated heterocycles. The van der Waals surface area contributed by atoms with Gasteiger partial charge in [-0.1, -0.05) is 60.7 Å². The molecule has 86 valence electrons. The fraction of sp³-hybridized carbons (Fsp3) is 0.125. The third kappa shape index (κ3) is 3.49. The molecule has 0 saturated carbocycles. The van der Waals surface area contributed by atoms with E-state index in [1.807, 2.05) is 30.3 Å². The maximum absolute atomic E-state index is 9.58. The van der Waals surface area contributed by atoms with E-state index >= 15 is 0 Å². The topological polar surface area (TPSA) is 20.2 Å². The van der Waals surface area contributed by atoms with Crippen LogP contribution in [0.15, 0.2) is 60.7 Å². The van der Waals surface area contributed by atoms with Gasteiger partial charge in [-0.15, -0.1) is 0 Å². The molecule has 17 heavy (non-hydrogen) atoms. The first-order valence-corrected chi connectivity index (χ1v) is 5.85. The molecule has 2 aromatic carbocycles. The molecule has 0 aliphatic rings. The van der Waals surface area contributed by atoms with Crippen LogP contribution >= 0.6 is 0 Å². The Morgan fingerprint density at radius 1 is 0.882 bits per heavy atom. The van der Waals surface area contributed by atoms with E-state index < -0.39 is 0 Å². The van der Waals surface area contributed by atoms with Crippen molar-refractivity contribution in [3.8, 4) is 5.75 Å². The second-order valence-corrected chi connectivity index (χ2v) is 3.99. The third-order valence-electron chi connectivity index (χ3n) is 2.68. The van der Waals surface area contributed by atoms with Crippen molar-refractivity contribution in [2.45, 2.75) is 12.8 Å². The Morgan fingerprint density at radius 3 is 2.35 bits per heavy atom. The van der Waals surface area contributed by atoms with E-state index in [-0.39, 0.29) is 0 Å². The zero-order valence-corrected chi connectivity index (χ0v) is 9.71. The molecule has 0 spiro atoms. The van der Waals surface area contributed by atoms with Crippen molar-refractivity contribution in [2.75, 3.05) is 0 Å². The van der Waals surface area contributed by atoms with Crippen LogP contribution in [0.3, 0.4) is 0 Å². The Kier molecular flexibility index (Phi) is 3.98. The molecule has 0 aromatic heterocycles. The molecule has 1 nitrogen and oxygen atoms in total. The van der Waals surface area contributed by atoms with Crippen molar-refractivity contribution < 1.29 is 5.11 Å². The summed E-state index contributed by atoms with van der Waals surface area (Å²) in [7, 11) is 0. The monoisotopic (exact) mass is 224 g/mol. The fourth-order valence-electron chi connectivity index (χ4n) is 1.73. The first-order chi connectivity index (χ1) is 8.36. The SMILES string of the molecule is Oc1ccccc1/C=C/CCc1ccccc1. The molecule has 0 fully saturated rings. The van der Waals surface area contributed by atoms with Gasteiger partial charge in [-0.3, -0.25) is 0 Å². The summed E-state index contributed by atoms with van der Waals surface area (Å²) in [6.07, 6.45) is 6.09. The smallest absolute Gasteiger partial charge is 0.122 e. The van der Waals surface area contributed by atoms with Crippen LogP contribution in [0.4, 0.5) is 0 Å². The van der Waals surface area contributed by atoms with Gasteiger partial charge in [0.1, 0.15) is 5.75 Å². The molecule has 0 heterocycles. The van der Waals surface area contributed by atoms with Crippen LogP contribution in [0.1, 0.15) is 17.5 Å². The minimum Gasteiger partial charge on any atom is -0.507 e. The highest BCUT2D eigenvalue weighted by Gasteiger charge is 1.93. The van der Waals surface area contributed by atoms with Crippen LogP contribution in [-0.2, 0) is 6.42 Å². The predicted octanol–water partition coefficient (Wildman–Crippen LogP) is 4.04. The van der Waals surface area contributed by atoms with Gasteiger partial charge in [-0.2, -0.15) is 0 Å². The number of aromatic hydroxyl groups is 1. The average molecular weight is 224 g/mol. The molecular weight excluding hydrogens is 208 g/mol. The van der Waals surface area contributed by atoms with Gasteiger partial charge in [0, 0.05) is 5.56 Å². The van der Waals surface area contributed by atoms with Crippen LogP contribution in [0.25, 0.3) is 6.08 Å². The van der Waals surface area contributed by atoms with Gasteiger partial charge in [-0.05, 0) is 24.5 Å². The van der Waals surface area contributed by atoms with Gasteiger partial charge in [0.15, 0.2) is 0 Å². The standard InChI is InChI=1S/C16H16O/c17-16-13-7-6-12-15(16)11-5-4-10-14-8-2-1-3-9-14/h1-3,5-9,11-13,17H,4,10H2/b11-5+. The van der Waals surface area contributed by atoms with Crippen LogP contribution in [0, 0.1) is 0 Å². The number of benzene rings is 2. The van der Waals surface area contributed by atoms with Gasteiger partial charge >= 0.3 is 0 Å². The minimum absolute atomic E-state index is 0.337. The first kappa shape index (κ1) is 11.5. The largest absolute Gasteiger partial charge is 0.507 e. The van der Waals surface area contributed by atoms with Crippen molar-refractivity contribution in [3.05, 3.63) is 71.8 Å². The van der Waals surface area contributed by atoms with E-state index in [1.54, 1.807) is 6.07 Å². The lowest BCUT2D eigenvalue weighted by Crippen LogP contribution is -1.81. The van der Waals surface area contributed by atoms with E-state index in [2.05, 4.69) is 30.3 Å². The van der Waals surface area contributed by atoms with Crippen molar-refractivity contribution in [1.82, 2.24) is 0 Å². The van der Waals surface area contributed by atoms with Crippen LogP contribution in [0.5, 0.6) is 5.75 Å². The molecule has 0 aliphatic heterocycles. The van der Waals surface area contributed by atoms with E-state index in [0.717, 1.165) is 18.4 Å². The van der Waals surface area contributed by atoms with Crippen molar-refractivity contribution >= 4 is 6.08 Å². The highest BCUT2D eigenvalue weighted by molar-refractivity contribution is 5.56. The summed E-state index contributed by atoms with van der Waals surface area (Å²) in [5, 5.41) is 9.58. The zero-order valence-electron chi connectivity index (χ0n) is 9.71. The predicted molar refractivity (Wildman–Crippen MR) is 71.9 cm³/mol. The fourth-order valence-corrected chi connectivity index (χ4v) is 1.73. The van der Waals surface area contributed by atoms with Gasteiger partial charge in [0.25, 0.3) is 0 Å². The number of para-hydroxylation sites is 1. The average Bonchev–Trinajstić information content (AvgIpc) is 2.38. The second-order valence-electron chi connectivity index (χ2n) is 3.99. The summed E-state index contributed by atoms with van der Waals surface area (Å²) in [5.74, 6) is 0.337. The van der Waals surface area contributed by atoms with E-state index in [0.29, 0.717) is 5.75 Å². The highest BCUT2D eigenvalue weighted by Crippen LogP contribution is 2.17. The quantitative estimate of drug-likeness (QED) is 0.831. The number of phenolic OH excluding ortho intramolecular Hbond substituents is 1. The number of hydrogen-bond donors (Lipinski definition) is 1. The third-order valence-corrected chi connectivity index (χ3v) is 2.68. The zero-order chi connectivity index (χ0) is 11.9. The summed E-state index contributed by atoms with van der Waals surface area (Å²) in [6, 6.07) is 17.8. The minimum atomic E-state index is 0.337. The lowest BCUT2D eigenvalue weighted by atomic mass is 10.1. The summed E-state index contributed by atoms with van der Waals surface area (Å²) in [6.45, 7) is 0. The van der Waals surface area contributed by atoms with Crippen LogP contribution < -0.4 is 0 Å². The van der Waals surface area contributed by atoms with E-state index in [9.17, 15) is 5.11 Å². The Labute approximate surface area is 102 Å². The molecular formula is C16H16O. The number of hydrogen-bond acceptors (Lipinski definition) is 1. The molecule has 1 heteroatoms. The maximum atomic E-state index is 9.58. The molecule has 0 aliphatic carbocycles. The Balaban J connectivity index is 1.89. The summed E-state index contributed by atoms with van der Waals surface area (Å²) < 4.78 is 0. The van der Waals surface area contributed by atoms with Crippen LogP contribution in [-0.4, -0.2) is 5.11 Å². The van der Waals surface area contributed by atoms with E-state index in [1.165, 1.54) is 5.56 Å². The molecule has 0 radical (unpaired) electrons. The van der Waals surface area contributed by atoms with Crippen molar-refractivity contribution in [3.63, 3.8) is 0 Å². The number of aryl methyl sites for hydroxylation is 1. The Bertz CT molecular complexity index is 486. The molecule has 2 rings (SSSR count). The summed E-state index contributed by atoms with van der Waals surface area (Å²) in [4.78, 5) is 0. The number of phenols is 1. The van der Waals surface area contributed by atoms with Gasteiger partial charge < -0.3 is 5.11 Å². The molecule has 1 N–H and O–H groups in total. The molecule has 0 unspecified atom stereocenters. The van der Waals surface area contributed by atoms with Gasteiger partial charge in [0.2, 0.25) is 0 Å².